The summed E-state index contributed by atoms with van der Waals surface area (Å²) in [5.74, 6) is -0.0658. The maximum atomic E-state index is 13.1. The summed E-state index contributed by atoms with van der Waals surface area (Å²) < 4.78 is 6.08. The maximum absolute atomic E-state index is 13.1. The van der Waals surface area contributed by atoms with Crippen LogP contribution in [-0.4, -0.2) is 41.0 Å². The number of halogens is 1. The Balaban J connectivity index is 1.54. The lowest BCUT2D eigenvalue weighted by Crippen LogP contribution is -2.23. The van der Waals surface area contributed by atoms with Gasteiger partial charge in [-0.25, -0.2) is 9.97 Å². The predicted octanol–water partition coefficient (Wildman–Crippen LogP) is 3.68. The number of pyridine rings is 2. The molecule has 1 fully saturated rings. The molecule has 0 saturated carbocycles. The van der Waals surface area contributed by atoms with Crippen LogP contribution < -0.4 is 20.7 Å². The van der Waals surface area contributed by atoms with Crippen LogP contribution in [0.3, 0.4) is 0 Å². The van der Waals surface area contributed by atoms with Crippen molar-refractivity contribution in [2.24, 2.45) is 0 Å². The summed E-state index contributed by atoms with van der Waals surface area (Å²) in [5, 5.41) is 9.14. The molecule has 3 N–H and O–H groups in total. The predicted molar refractivity (Wildman–Crippen MR) is 122 cm³/mol. The number of hydrogen-bond donors (Lipinski definition) is 3. The van der Waals surface area contributed by atoms with Gasteiger partial charge in [0.1, 0.15) is 17.7 Å². The fourth-order valence-electron chi connectivity index (χ4n) is 3.32. The molecule has 1 unspecified atom stereocenters. The minimum atomic E-state index is -0.506. The zero-order chi connectivity index (χ0) is 22.5. The molecule has 9 heteroatoms. The van der Waals surface area contributed by atoms with Gasteiger partial charge in [-0.1, -0.05) is 17.7 Å². The third-order valence-corrected chi connectivity index (χ3v) is 5.15. The number of carbonyl (C=O) groups excluding carboxylic acids is 2. The SMILES string of the molecule is Cc1ccc(C(=O)Nc2cccnc2C(=O)Nc2ccc(Cl)cn2)c(OC2CCNC2)c1. The standard InChI is InChI=1S/C23H22ClN5O3/c1-14-4-6-17(19(11-14)32-16-8-10-25-13-16)22(30)28-18-3-2-9-26-21(18)23(31)29-20-7-5-15(24)12-27-20/h2-7,9,11-12,16,25H,8,10,13H2,1H3,(H,28,30)(H,27,29,31). The molecule has 164 valence electrons. The van der Waals surface area contributed by atoms with Crippen LogP contribution in [0.2, 0.25) is 5.02 Å². The summed E-state index contributed by atoms with van der Waals surface area (Å²) >= 11 is 5.83. The van der Waals surface area contributed by atoms with Crippen LogP contribution in [0.25, 0.3) is 0 Å². The van der Waals surface area contributed by atoms with Gasteiger partial charge in [-0.3, -0.25) is 9.59 Å². The molecule has 4 rings (SSSR count). The molecule has 0 aliphatic carbocycles. The molecule has 1 aliphatic heterocycles. The van der Waals surface area contributed by atoms with Crippen molar-refractivity contribution >= 4 is 34.9 Å². The first-order chi connectivity index (χ1) is 15.5. The molecular weight excluding hydrogens is 430 g/mol. The average molecular weight is 452 g/mol. The Morgan fingerprint density at radius 3 is 2.75 bits per heavy atom. The van der Waals surface area contributed by atoms with Crippen molar-refractivity contribution in [3.05, 3.63) is 76.7 Å². The highest BCUT2D eigenvalue weighted by atomic mass is 35.5. The molecule has 2 amide bonds. The number of aryl methyl sites for hydroxylation is 1. The van der Waals surface area contributed by atoms with Crippen molar-refractivity contribution in [1.29, 1.82) is 0 Å². The Labute approximate surface area is 190 Å². The number of nitrogens with zero attached hydrogens (tertiary/aromatic N) is 2. The van der Waals surface area contributed by atoms with Crippen LogP contribution in [0, 0.1) is 6.92 Å². The molecule has 0 bridgehead atoms. The first kappa shape index (κ1) is 21.7. The van der Waals surface area contributed by atoms with E-state index >= 15 is 0 Å². The quantitative estimate of drug-likeness (QED) is 0.528. The average Bonchev–Trinajstić information content (AvgIpc) is 3.29. The molecule has 32 heavy (non-hydrogen) atoms. The molecule has 3 heterocycles. The van der Waals surface area contributed by atoms with Crippen LogP contribution in [0.15, 0.2) is 54.9 Å². The van der Waals surface area contributed by atoms with E-state index in [0.29, 0.717) is 22.2 Å². The molecule has 0 spiro atoms. The van der Waals surface area contributed by atoms with Crippen molar-refractivity contribution < 1.29 is 14.3 Å². The van der Waals surface area contributed by atoms with E-state index in [-0.39, 0.29) is 17.5 Å². The summed E-state index contributed by atoms with van der Waals surface area (Å²) in [4.78, 5) is 34.0. The molecule has 1 atom stereocenters. The first-order valence-corrected chi connectivity index (χ1v) is 10.5. The van der Waals surface area contributed by atoms with E-state index in [2.05, 4.69) is 25.9 Å². The van der Waals surface area contributed by atoms with Gasteiger partial charge in [-0.15, -0.1) is 0 Å². The number of anilines is 2. The van der Waals surface area contributed by atoms with Crippen LogP contribution in [0.5, 0.6) is 5.75 Å². The topological polar surface area (TPSA) is 105 Å². The first-order valence-electron chi connectivity index (χ1n) is 10.2. The van der Waals surface area contributed by atoms with Gasteiger partial charge in [0.15, 0.2) is 5.69 Å². The molecule has 1 saturated heterocycles. The molecule has 0 radical (unpaired) electrons. The normalized spacial score (nSPS) is 15.2. The lowest BCUT2D eigenvalue weighted by atomic mass is 10.1. The number of nitrogens with one attached hydrogen (secondary N) is 3. The van der Waals surface area contributed by atoms with E-state index < -0.39 is 11.8 Å². The van der Waals surface area contributed by atoms with Gasteiger partial charge in [0.05, 0.1) is 16.3 Å². The van der Waals surface area contributed by atoms with Crippen molar-refractivity contribution in [2.75, 3.05) is 23.7 Å². The molecule has 2 aromatic heterocycles. The van der Waals surface area contributed by atoms with E-state index in [1.807, 2.05) is 19.1 Å². The summed E-state index contributed by atoms with van der Waals surface area (Å²) in [5.41, 5.74) is 1.71. The molecular formula is C23H22ClN5O3. The van der Waals surface area contributed by atoms with Crippen LogP contribution in [-0.2, 0) is 0 Å². The molecule has 3 aromatic rings. The van der Waals surface area contributed by atoms with Crippen molar-refractivity contribution in [1.82, 2.24) is 15.3 Å². The summed E-state index contributed by atoms with van der Waals surface area (Å²) in [6.45, 7) is 3.56. The smallest absolute Gasteiger partial charge is 0.277 e. The van der Waals surface area contributed by atoms with Crippen molar-refractivity contribution in [2.45, 2.75) is 19.4 Å². The van der Waals surface area contributed by atoms with Crippen molar-refractivity contribution in [3.8, 4) is 5.75 Å². The second-order valence-electron chi connectivity index (χ2n) is 7.40. The van der Waals surface area contributed by atoms with E-state index in [9.17, 15) is 9.59 Å². The summed E-state index contributed by atoms with van der Waals surface area (Å²) in [7, 11) is 0. The number of benzene rings is 1. The fraction of sp³-hybridized carbons (Fsp3) is 0.217. The lowest BCUT2D eigenvalue weighted by molar-refractivity contribution is 0.102. The van der Waals surface area contributed by atoms with Gasteiger partial charge in [-0.2, -0.15) is 0 Å². The van der Waals surface area contributed by atoms with Crippen LogP contribution >= 0.6 is 11.6 Å². The largest absolute Gasteiger partial charge is 0.488 e. The molecule has 8 nitrogen and oxygen atoms in total. The third kappa shape index (κ3) is 5.22. The van der Waals surface area contributed by atoms with Crippen LogP contribution in [0.4, 0.5) is 11.5 Å². The summed E-state index contributed by atoms with van der Waals surface area (Å²) in [6.07, 6.45) is 3.79. The Kier molecular flexibility index (Phi) is 6.63. The fourth-order valence-corrected chi connectivity index (χ4v) is 3.44. The van der Waals surface area contributed by atoms with E-state index in [4.69, 9.17) is 16.3 Å². The number of amides is 2. The highest BCUT2D eigenvalue weighted by molar-refractivity contribution is 6.30. The third-order valence-electron chi connectivity index (χ3n) is 4.93. The number of hydrogen-bond acceptors (Lipinski definition) is 6. The second-order valence-corrected chi connectivity index (χ2v) is 7.84. The minimum absolute atomic E-state index is 0.00922. The van der Waals surface area contributed by atoms with E-state index in [1.54, 1.807) is 30.3 Å². The van der Waals surface area contributed by atoms with Crippen LogP contribution in [0.1, 0.15) is 32.8 Å². The highest BCUT2D eigenvalue weighted by Crippen LogP contribution is 2.25. The van der Waals surface area contributed by atoms with E-state index in [0.717, 1.165) is 25.1 Å². The zero-order valence-corrected chi connectivity index (χ0v) is 18.1. The minimum Gasteiger partial charge on any atom is -0.488 e. The van der Waals surface area contributed by atoms with Gasteiger partial charge < -0.3 is 20.7 Å². The van der Waals surface area contributed by atoms with Gasteiger partial charge in [0, 0.05) is 18.9 Å². The van der Waals surface area contributed by atoms with Gasteiger partial charge in [0.25, 0.3) is 11.8 Å². The Morgan fingerprint density at radius 1 is 1.12 bits per heavy atom. The number of ether oxygens (including phenoxy) is 1. The monoisotopic (exact) mass is 451 g/mol. The Bertz CT molecular complexity index is 1130. The van der Waals surface area contributed by atoms with Gasteiger partial charge in [0.2, 0.25) is 0 Å². The van der Waals surface area contributed by atoms with Crippen molar-refractivity contribution in [3.63, 3.8) is 0 Å². The number of aromatic nitrogens is 2. The zero-order valence-electron chi connectivity index (χ0n) is 17.4. The van der Waals surface area contributed by atoms with Gasteiger partial charge >= 0.3 is 0 Å². The molecule has 1 aliphatic rings. The van der Waals surface area contributed by atoms with E-state index in [1.165, 1.54) is 12.4 Å². The summed E-state index contributed by atoms with van der Waals surface area (Å²) in [6, 6.07) is 11.9. The molecule has 1 aromatic carbocycles. The Hall–Kier alpha value is -3.49. The maximum Gasteiger partial charge on any atom is 0.277 e. The second kappa shape index (κ2) is 9.76. The Morgan fingerprint density at radius 2 is 2.00 bits per heavy atom. The lowest BCUT2D eigenvalue weighted by Gasteiger charge is -2.17. The highest BCUT2D eigenvalue weighted by Gasteiger charge is 2.22. The number of carbonyl (C=O) groups is 2. The number of rotatable bonds is 6. The van der Waals surface area contributed by atoms with Gasteiger partial charge in [-0.05, 0) is 61.9 Å².